The van der Waals surface area contributed by atoms with E-state index in [1.54, 1.807) is 6.07 Å². The second kappa shape index (κ2) is 9.74. The first-order valence-corrected chi connectivity index (χ1v) is 9.35. The minimum absolute atomic E-state index is 0.139. The van der Waals surface area contributed by atoms with Crippen LogP contribution in [0.2, 0.25) is 0 Å². The van der Waals surface area contributed by atoms with Crippen LogP contribution < -0.4 is 0 Å². The number of para-hydroxylation sites is 1. The van der Waals surface area contributed by atoms with E-state index in [4.69, 9.17) is 14.6 Å². The summed E-state index contributed by atoms with van der Waals surface area (Å²) in [6, 6.07) is 7.30. The average molecular weight is 362 g/mol. The van der Waals surface area contributed by atoms with Gasteiger partial charge in [0.25, 0.3) is 0 Å². The molecule has 0 spiro atoms. The molecule has 1 fully saturated rings. The van der Waals surface area contributed by atoms with Crippen molar-refractivity contribution in [3.05, 3.63) is 42.0 Å². The Labute approximate surface area is 155 Å². The van der Waals surface area contributed by atoms with Crippen LogP contribution in [0.15, 0.2) is 36.4 Å². The van der Waals surface area contributed by atoms with Crippen LogP contribution in [0.5, 0.6) is 5.75 Å². The first kappa shape index (κ1) is 20.5. The minimum Gasteiger partial charge on any atom is -0.508 e. The number of rotatable bonds is 9. The van der Waals surface area contributed by atoms with Gasteiger partial charge in [0.1, 0.15) is 5.75 Å². The molecule has 1 heterocycles. The van der Waals surface area contributed by atoms with Crippen LogP contribution in [-0.2, 0) is 14.3 Å². The molecule has 5 nitrogen and oxygen atoms in total. The molecule has 0 aromatic heterocycles. The smallest absolute Gasteiger partial charge is 0.303 e. The van der Waals surface area contributed by atoms with Gasteiger partial charge in [0.2, 0.25) is 0 Å². The van der Waals surface area contributed by atoms with E-state index < -0.39 is 11.8 Å². The number of aromatic hydroxyl groups is 1. The number of carboxylic acids is 1. The highest BCUT2D eigenvalue weighted by molar-refractivity contribution is 5.66. The molecular weight excluding hydrogens is 332 g/mol. The van der Waals surface area contributed by atoms with Crippen molar-refractivity contribution in [1.82, 2.24) is 0 Å². The average Bonchev–Trinajstić information content (AvgIpc) is 2.58. The third kappa shape index (κ3) is 6.46. The lowest BCUT2D eigenvalue weighted by atomic mass is 9.91. The second-order valence-corrected chi connectivity index (χ2v) is 7.27. The minimum atomic E-state index is -0.726. The maximum Gasteiger partial charge on any atom is 0.303 e. The van der Waals surface area contributed by atoms with Gasteiger partial charge in [-0.15, -0.1) is 0 Å². The Bertz CT molecular complexity index is 608. The third-order valence-electron chi connectivity index (χ3n) is 4.59. The summed E-state index contributed by atoms with van der Waals surface area (Å²) in [5.41, 5.74) is 0.802. The van der Waals surface area contributed by atoms with Crippen molar-refractivity contribution < 1.29 is 24.5 Å². The fourth-order valence-electron chi connectivity index (χ4n) is 3.17. The number of benzene rings is 1. The first-order chi connectivity index (χ1) is 12.4. The predicted octanol–water partition coefficient (Wildman–Crippen LogP) is 4.81. The highest BCUT2D eigenvalue weighted by Gasteiger charge is 2.37. The summed E-state index contributed by atoms with van der Waals surface area (Å²) in [4.78, 5) is 10.5. The van der Waals surface area contributed by atoms with Gasteiger partial charge in [-0.05, 0) is 45.6 Å². The normalized spacial score (nSPS) is 22.5. The molecule has 2 N–H and O–H groups in total. The van der Waals surface area contributed by atoms with E-state index in [0.717, 1.165) is 37.7 Å². The Balaban J connectivity index is 1.87. The van der Waals surface area contributed by atoms with Crippen molar-refractivity contribution in [2.75, 3.05) is 6.61 Å². The Kier molecular flexibility index (Phi) is 7.66. The monoisotopic (exact) mass is 362 g/mol. The highest BCUT2D eigenvalue weighted by Crippen LogP contribution is 2.41. The van der Waals surface area contributed by atoms with Gasteiger partial charge < -0.3 is 19.7 Å². The molecule has 0 radical (unpaired) electrons. The zero-order valence-corrected chi connectivity index (χ0v) is 15.7. The van der Waals surface area contributed by atoms with E-state index in [1.807, 2.05) is 32.0 Å². The molecule has 0 saturated carbocycles. The van der Waals surface area contributed by atoms with E-state index in [0.29, 0.717) is 6.61 Å². The van der Waals surface area contributed by atoms with E-state index in [1.165, 1.54) is 0 Å². The molecule has 1 aromatic carbocycles. The Morgan fingerprint density at radius 3 is 2.73 bits per heavy atom. The molecule has 0 bridgehead atoms. The summed E-state index contributed by atoms with van der Waals surface area (Å²) in [6.45, 7) is 4.36. The van der Waals surface area contributed by atoms with Gasteiger partial charge >= 0.3 is 5.97 Å². The SMILES string of the molecule is CC1(C)OC[C@@H](CC=CCCCCCC(=O)O)[C@@H](c2ccccc2O)O1. The van der Waals surface area contributed by atoms with E-state index in [9.17, 15) is 9.90 Å². The molecule has 1 aliphatic rings. The molecule has 1 aliphatic heterocycles. The Morgan fingerprint density at radius 1 is 1.23 bits per heavy atom. The van der Waals surface area contributed by atoms with Crippen molar-refractivity contribution in [1.29, 1.82) is 0 Å². The van der Waals surface area contributed by atoms with Crippen LogP contribution in [0.25, 0.3) is 0 Å². The summed E-state index contributed by atoms with van der Waals surface area (Å²) in [7, 11) is 0. The van der Waals surface area contributed by atoms with Crippen LogP contribution in [0, 0.1) is 5.92 Å². The topological polar surface area (TPSA) is 76.0 Å². The molecule has 0 unspecified atom stereocenters. The van der Waals surface area contributed by atoms with Gasteiger partial charge in [-0.3, -0.25) is 4.79 Å². The summed E-state index contributed by atoms with van der Waals surface area (Å²) in [6.07, 6.45) is 8.74. The largest absolute Gasteiger partial charge is 0.508 e. The summed E-state index contributed by atoms with van der Waals surface area (Å²) >= 11 is 0. The maximum absolute atomic E-state index is 10.5. The fourth-order valence-corrected chi connectivity index (χ4v) is 3.17. The number of allylic oxidation sites excluding steroid dienone is 2. The van der Waals surface area contributed by atoms with Gasteiger partial charge in [-0.25, -0.2) is 0 Å². The zero-order valence-electron chi connectivity index (χ0n) is 15.7. The Morgan fingerprint density at radius 2 is 2.00 bits per heavy atom. The van der Waals surface area contributed by atoms with Crippen molar-refractivity contribution in [2.45, 2.75) is 64.3 Å². The summed E-state index contributed by atoms with van der Waals surface area (Å²) in [5.74, 6) is -1.00. The molecular formula is C21H30O5. The maximum atomic E-state index is 10.5. The number of phenolic OH excluding ortho intramolecular Hbond substituents is 1. The molecule has 0 aliphatic carbocycles. The lowest BCUT2D eigenvalue weighted by molar-refractivity contribution is -0.295. The number of ether oxygens (including phenoxy) is 2. The molecule has 26 heavy (non-hydrogen) atoms. The quantitative estimate of drug-likeness (QED) is 0.487. The first-order valence-electron chi connectivity index (χ1n) is 9.35. The fraction of sp³-hybridized carbons (Fsp3) is 0.571. The Hall–Kier alpha value is -1.85. The van der Waals surface area contributed by atoms with Crippen molar-refractivity contribution in [2.24, 2.45) is 5.92 Å². The molecule has 1 aromatic rings. The summed E-state index contributed by atoms with van der Waals surface area (Å²) in [5, 5.41) is 18.8. The number of carboxylic acid groups (broad SMARTS) is 1. The van der Waals surface area contributed by atoms with Crippen LogP contribution in [0.4, 0.5) is 0 Å². The van der Waals surface area contributed by atoms with E-state index >= 15 is 0 Å². The summed E-state index contributed by atoms with van der Waals surface area (Å²) < 4.78 is 11.9. The van der Waals surface area contributed by atoms with Gasteiger partial charge in [-0.2, -0.15) is 0 Å². The lowest BCUT2D eigenvalue weighted by Gasteiger charge is -2.41. The number of aliphatic carboxylic acids is 1. The highest BCUT2D eigenvalue weighted by atomic mass is 16.7. The number of unbranched alkanes of at least 4 members (excludes halogenated alkanes) is 3. The van der Waals surface area contributed by atoms with Crippen molar-refractivity contribution in [3.63, 3.8) is 0 Å². The number of carbonyl (C=O) groups is 1. The lowest BCUT2D eigenvalue weighted by Crippen LogP contribution is -2.41. The molecule has 2 rings (SSSR count). The van der Waals surface area contributed by atoms with Crippen LogP contribution in [0.1, 0.15) is 64.0 Å². The number of hydrogen-bond acceptors (Lipinski definition) is 4. The van der Waals surface area contributed by atoms with Gasteiger partial charge in [-0.1, -0.05) is 36.8 Å². The molecule has 5 heteroatoms. The van der Waals surface area contributed by atoms with E-state index in [2.05, 4.69) is 12.2 Å². The van der Waals surface area contributed by atoms with Crippen LogP contribution in [0.3, 0.4) is 0 Å². The van der Waals surface area contributed by atoms with Crippen LogP contribution >= 0.6 is 0 Å². The zero-order chi connectivity index (χ0) is 19.0. The molecule has 0 amide bonds. The predicted molar refractivity (Wildman–Crippen MR) is 99.9 cm³/mol. The number of phenols is 1. The third-order valence-corrected chi connectivity index (χ3v) is 4.59. The van der Waals surface area contributed by atoms with Crippen LogP contribution in [-0.4, -0.2) is 28.6 Å². The molecule has 2 atom stereocenters. The van der Waals surface area contributed by atoms with Gasteiger partial charge in [0.05, 0.1) is 12.7 Å². The standard InChI is InChI=1S/C21H30O5/c1-21(2)25-15-16(11-7-5-3-4-6-8-14-19(23)24)20(26-21)17-12-9-10-13-18(17)22/h5,7,9-10,12-13,16,20,22H,3-4,6,8,11,14-15H2,1-2H3,(H,23,24)/t16-,20+/m1/s1. The molecule has 1 saturated heterocycles. The van der Waals surface area contributed by atoms with E-state index in [-0.39, 0.29) is 24.2 Å². The molecule has 144 valence electrons. The van der Waals surface area contributed by atoms with Crippen molar-refractivity contribution >= 4 is 5.97 Å². The van der Waals surface area contributed by atoms with Crippen molar-refractivity contribution in [3.8, 4) is 5.75 Å². The second-order valence-electron chi connectivity index (χ2n) is 7.27. The van der Waals surface area contributed by atoms with Gasteiger partial charge in [0, 0.05) is 17.9 Å². The van der Waals surface area contributed by atoms with Gasteiger partial charge in [0.15, 0.2) is 5.79 Å². The number of hydrogen-bond donors (Lipinski definition) is 2.